The molecule has 134 valence electrons. The smallest absolute Gasteiger partial charge is 0.324 e. The van der Waals surface area contributed by atoms with Gasteiger partial charge in [0.1, 0.15) is 23.8 Å². The van der Waals surface area contributed by atoms with E-state index in [-0.39, 0.29) is 18.3 Å². The van der Waals surface area contributed by atoms with Gasteiger partial charge in [-0.15, -0.1) is 0 Å². The molecule has 0 saturated heterocycles. The molecule has 2 aromatic rings. The molecule has 8 N–H and O–H groups in total. The van der Waals surface area contributed by atoms with E-state index in [0.717, 1.165) is 16.2 Å². The summed E-state index contributed by atoms with van der Waals surface area (Å²) in [5.74, 6) is 6.29. The number of aromatic nitrogens is 3. The summed E-state index contributed by atoms with van der Waals surface area (Å²) in [7, 11) is 0. The quantitative estimate of drug-likeness (QED) is 0.297. The lowest BCUT2D eigenvalue weighted by Crippen LogP contribution is -2.33. The summed E-state index contributed by atoms with van der Waals surface area (Å²) in [6.45, 7) is 1.77. The maximum Gasteiger partial charge on any atom is 0.324 e. The Kier molecular flexibility index (Phi) is 4.61. The van der Waals surface area contributed by atoms with Crippen LogP contribution < -0.4 is 22.2 Å². The first-order chi connectivity index (χ1) is 11.9. The van der Waals surface area contributed by atoms with Gasteiger partial charge in [0, 0.05) is 12.2 Å². The summed E-state index contributed by atoms with van der Waals surface area (Å²) >= 11 is 0. The second-order valence-electron chi connectivity index (χ2n) is 6.18. The van der Waals surface area contributed by atoms with Crippen molar-refractivity contribution in [2.45, 2.75) is 25.8 Å². The molecule has 1 unspecified atom stereocenters. The van der Waals surface area contributed by atoms with Crippen molar-refractivity contribution in [2.75, 3.05) is 17.2 Å². The Hall–Kier alpha value is -3.01. The lowest BCUT2D eigenvalue weighted by molar-refractivity contribution is -0.137. The summed E-state index contributed by atoms with van der Waals surface area (Å²) in [4.78, 5) is 22.5. The topological polar surface area (TPSA) is 158 Å². The molecule has 1 fully saturated rings. The van der Waals surface area contributed by atoms with Crippen LogP contribution in [0.5, 0.6) is 0 Å². The molecular weight excluding hydrogens is 324 g/mol. The van der Waals surface area contributed by atoms with Crippen LogP contribution in [0.1, 0.15) is 19.8 Å². The molecular formula is C15H22N8O2. The van der Waals surface area contributed by atoms with Crippen LogP contribution in [0.4, 0.5) is 11.8 Å². The van der Waals surface area contributed by atoms with Crippen molar-refractivity contribution in [3.05, 3.63) is 24.3 Å². The van der Waals surface area contributed by atoms with Crippen molar-refractivity contribution in [1.29, 1.82) is 0 Å². The van der Waals surface area contributed by atoms with E-state index in [2.05, 4.69) is 32.5 Å². The molecule has 0 spiro atoms. The van der Waals surface area contributed by atoms with E-state index in [1.165, 1.54) is 19.0 Å². The van der Waals surface area contributed by atoms with Crippen molar-refractivity contribution in [3.63, 3.8) is 0 Å². The summed E-state index contributed by atoms with van der Waals surface area (Å²) in [5.41, 5.74) is 6.51. The third-order valence-electron chi connectivity index (χ3n) is 3.99. The Bertz CT molecular complexity index is 798. The third-order valence-corrected chi connectivity index (χ3v) is 3.99. The van der Waals surface area contributed by atoms with Crippen molar-refractivity contribution in [1.82, 2.24) is 20.0 Å². The number of fused-ring (bicyclic) bond motifs is 1. The Morgan fingerprint density at radius 3 is 3.00 bits per heavy atom. The van der Waals surface area contributed by atoms with Gasteiger partial charge >= 0.3 is 5.97 Å². The van der Waals surface area contributed by atoms with Gasteiger partial charge in [-0.1, -0.05) is 0 Å². The number of hydrazine groups is 1. The number of hydrogen-bond donors (Lipinski definition) is 6. The number of nitrogens with one attached hydrogen (secondary N) is 3. The highest BCUT2D eigenvalue weighted by Gasteiger charge is 2.28. The van der Waals surface area contributed by atoms with E-state index in [9.17, 15) is 4.79 Å². The Morgan fingerprint density at radius 1 is 1.56 bits per heavy atom. The molecule has 0 bridgehead atoms. The summed E-state index contributed by atoms with van der Waals surface area (Å²) in [6.07, 6.45) is 5.53. The van der Waals surface area contributed by atoms with Crippen LogP contribution in [0.3, 0.4) is 0 Å². The summed E-state index contributed by atoms with van der Waals surface area (Å²) in [5, 5.41) is 16.8. The molecule has 1 saturated carbocycles. The van der Waals surface area contributed by atoms with Crippen LogP contribution in [0.2, 0.25) is 0 Å². The van der Waals surface area contributed by atoms with Gasteiger partial charge in [-0.3, -0.25) is 4.79 Å². The zero-order valence-corrected chi connectivity index (χ0v) is 13.9. The van der Waals surface area contributed by atoms with Gasteiger partial charge in [0.05, 0.1) is 11.6 Å². The number of anilines is 2. The number of rotatable bonds is 8. The molecule has 2 heterocycles. The molecule has 3 rings (SSSR count). The molecule has 10 heteroatoms. The molecule has 1 atom stereocenters. The van der Waals surface area contributed by atoms with Crippen molar-refractivity contribution < 1.29 is 9.90 Å². The number of nitrogens with two attached hydrogens (primary N) is 2. The largest absolute Gasteiger partial charge is 0.480 e. The van der Waals surface area contributed by atoms with Gasteiger partial charge in [0.15, 0.2) is 0 Å². The van der Waals surface area contributed by atoms with Crippen molar-refractivity contribution >= 4 is 28.8 Å². The average Bonchev–Trinajstić information content (AvgIpc) is 3.25. The van der Waals surface area contributed by atoms with E-state index in [1.807, 2.05) is 6.07 Å². The average molecular weight is 346 g/mol. The van der Waals surface area contributed by atoms with E-state index < -0.39 is 5.97 Å². The third kappa shape index (κ3) is 4.29. The van der Waals surface area contributed by atoms with Gasteiger partial charge < -0.3 is 31.5 Å². The second kappa shape index (κ2) is 6.85. The fraction of sp³-hybridized carbons (Fsp3) is 0.400. The van der Waals surface area contributed by atoms with Crippen LogP contribution in [-0.2, 0) is 4.79 Å². The Balaban J connectivity index is 1.79. The van der Waals surface area contributed by atoms with Crippen molar-refractivity contribution in [3.8, 4) is 0 Å². The number of carbonyl (C=O) groups is 1. The van der Waals surface area contributed by atoms with E-state index in [1.54, 1.807) is 6.20 Å². The first kappa shape index (κ1) is 16.8. The number of nitrogens with zero attached hydrogens (tertiary/aromatic N) is 3. The molecule has 0 aliphatic heterocycles. The van der Waals surface area contributed by atoms with Gasteiger partial charge in [0.2, 0.25) is 5.95 Å². The fourth-order valence-electron chi connectivity index (χ4n) is 2.58. The minimum atomic E-state index is -1.06. The number of H-pyrrole nitrogens is 1. The summed E-state index contributed by atoms with van der Waals surface area (Å²) in [6, 6.07) is 2.23. The Morgan fingerprint density at radius 2 is 2.32 bits per heavy atom. The minimum Gasteiger partial charge on any atom is -0.480 e. The zero-order chi connectivity index (χ0) is 18.0. The first-order valence-electron chi connectivity index (χ1n) is 8.01. The lowest BCUT2D eigenvalue weighted by atomic mass is 10.2. The molecule has 1 aliphatic carbocycles. The number of carboxylic acids is 1. The molecule has 25 heavy (non-hydrogen) atoms. The lowest BCUT2D eigenvalue weighted by Gasteiger charge is -2.16. The highest BCUT2D eigenvalue weighted by atomic mass is 16.4. The maximum absolute atomic E-state index is 10.6. The van der Waals surface area contributed by atoms with E-state index in [4.69, 9.17) is 16.7 Å². The zero-order valence-electron chi connectivity index (χ0n) is 13.9. The van der Waals surface area contributed by atoms with Crippen LogP contribution in [-0.4, -0.2) is 43.6 Å². The number of carboxylic acid groups (broad SMARTS) is 1. The van der Waals surface area contributed by atoms with Crippen molar-refractivity contribution in [2.24, 2.45) is 17.5 Å². The summed E-state index contributed by atoms with van der Waals surface area (Å²) < 4.78 is 0. The first-order valence-corrected chi connectivity index (χ1v) is 8.01. The predicted octanol–water partition coefficient (Wildman–Crippen LogP) is 0.598. The highest BCUT2D eigenvalue weighted by molar-refractivity contribution is 5.88. The predicted molar refractivity (Wildman–Crippen MR) is 94.1 cm³/mol. The molecule has 0 radical (unpaired) electrons. The molecule has 0 aromatic carbocycles. The van der Waals surface area contributed by atoms with Crippen LogP contribution >= 0.6 is 0 Å². The van der Waals surface area contributed by atoms with E-state index >= 15 is 0 Å². The number of hydrogen-bond acceptors (Lipinski definition) is 8. The van der Waals surface area contributed by atoms with Gasteiger partial charge in [-0.25, -0.2) is 5.84 Å². The molecule has 10 nitrogen and oxygen atoms in total. The second-order valence-corrected chi connectivity index (χ2v) is 6.18. The molecule has 2 aromatic heterocycles. The normalized spacial score (nSPS) is 15.8. The monoisotopic (exact) mass is 346 g/mol. The highest BCUT2D eigenvalue weighted by Crippen LogP contribution is 2.34. The number of aromatic amines is 1. The van der Waals surface area contributed by atoms with Gasteiger partial charge in [-0.05, 0) is 31.7 Å². The van der Waals surface area contributed by atoms with Crippen LogP contribution in [0.25, 0.3) is 11.0 Å². The Labute approximate surface area is 144 Å². The SMILES string of the molecule is CC(Nc1nc(N/C(N)=C/N(N)CC(=O)O)nc2[nH]ccc12)C1CC1. The minimum absolute atomic E-state index is 0.135. The molecule has 0 amide bonds. The molecule has 1 aliphatic rings. The number of aliphatic carboxylic acids is 1. The van der Waals surface area contributed by atoms with Gasteiger partial charge in [-0.2, -0.15) is 9.97 Å². The fourth-order valence-corrected chi connectivity index (χ4v) is 2.58. The van der Waals surface area contributed by atoms with E-state index in [0.29, 0.717) is 17.6 Å². The van der Waals surface area contributed by atoms with Crippen LogP contribution in [0.15, 0.2) is 24.3 Å². The van der Waals surface area contributed by atoms with Gasteiger partial charge in [0.25, 0.3) is 0 Å². The standard InChI is InChI=1S/C15H22N8O2/c1-8(9-2-3-9)19-14-10-4-5-18-13(10)21-15(22-14)20-11(16)6-23(17)7-12(24)25/h4-6,8-9H,2-3,7,16-17H2,1H3,(H,24,25)(H3,18,19,20,21,22)/b11-6+. The van der Waals surface area contributed by atoms with Crippen LogP contribution in [0, 0.1) is 5.92 Å². The maximum atomic E-state index is 10.6.